The molecule has 0 aromatic heterocycles. The first-order valence-corrected chi connectivity index (χ1v) is 18.1. The molecule has 0 saturated carbocycles. The molecule has 10 heteroatoms. The molecule has 1 heterocycles. The first-order chi connectivity index (χ1) is 24.2. The van der Waals surface area contributed by atoms with E-state index in [2.05, 4.69) is 69.4 Å². The van der Waals surface area contributed by atoms with Gasteiger partial charge in [0.2, 0.25) is 5.91 Å². The highest BCUT2D eigenvalue weighted by molar-refractivity contribution is 5.89. The van der Waals surface area contributed by atoms with E-state index in [4.69, 9.17) is 14.2 Å². The molecule has 5 rings (SSSR count). The highest BCUT2D eigenvalue weighted by Gasteiger charge is 2.46. The molecule has 0 bridgehead atoms. The Hall–Kier alpha value is -4.41. The van der Waals surface area contributed by atoms with E-state index in [1.54, 1.807) is 0 Å². The number of ether oxygens (including phenoxy) is 3. The molecule has 51 heavy (non-hydrogen) atoms. The summed E-state index contributed by atoms with van der Waals surface area (Å²) in [6.45, 7) is 16.1. The van der Waals surface area contributed by atoms with Crippen LogP contribution in [0.25, 0.3) is 11.1 Å². The van der Waals surface area contributed by atoms with Gasteiger partial charge in [-0.05, 0) is 108 Å². The Labute approximate surface area is 302 Å². The van der Waals surface area contributed by atoms with E-state index in [0.717, 1.165) is 46.6 Å². The van der Waals surface area contributed by atoms with Crippen molar-refractivity contribution in [1.82, 2.24) is 16.0 Å². The number of carbonyl (C=O) groups is 3. The molecule has 0 spiro atoms. The van der Waals surface area contributed by atoms with Gasteiger partial charge < -0.3 is 29.7 Å². The quantitative estimate of drug-likeness (QED) is 0.149. The lowest BCUT2D eigenvalue weighted by molar-refractivity contribution is -0.159. The number of hydrogen-bond donors (Lipinski definition) is 3. The number of alkyl carbamates (subject to hydrolysis) is 1. The molecule has 1 aliphatic heterocycles. The highest BCUT2D eigenvalue weighted by Crippen LogP contribution is 2.51. The summed E-state index contributed by atoms with van der Waals surface area (Å²) >= 11 is 0. The number of nitrogens with one attached hydrogen (secondary N) is 3. The molecular formula is C41H54N4O6. The second-order valence-corrected chi connectivity index (χ2v) is 15.4. The van der Waals surface area contributed by atoms with Crippen LogP contribution in [0.2, 0.25) is 0 Å². The highest BCUT2D eigenvalue weighted by atomic mass is 16.6. The summed E-state index contributed by atoms with van der Waals surface area (Å²) in [6, 6.07) is 23.7. The Kier molecular flexibility index (Phi) is 11.8. The first kappa shape index (κ1) is 37.8. The van der Waals surface area contributed by atoms with Gasteiger partial charge in [-0.3, -0.25) is 10.1 Å². The average molecular weight is 699 g/mol. The van der Waals surface area contributed by atoms with Crippen LogP contribution in [0.5, 0.6) is 0 Å². The van der Waals surface area contributed by atoms with Crippen molar-refractivity contribution in [2.24, 2.45) is 0 Å². The summed E-state index contributed by atoms with van der Waals surface area (Å²) in [7, 11) is 0. The van der Waals surface area contributed by atoms with Crippen LogP contribution < -0.4 is 20.9 Å². The van der Waals surface area contributed by atoms with Crippen LogP contribution in [0.15, 0.2) is 72.8 Å². The fraction of sp³-hybridized carbons (Fsp3) is 0.488. The van der Waals surface area contributed by atoms with Crippen molar-refractivity contribution < 1.29 is 28.6 Å². The third kappa shape index (κ3) is 9.28. The maximum absolute atomic E-state index is 14.1. The topological polar surface area (TPSA) is 118 Å². The smallest absolute Gasteiger partial charge is 0.407 e. The third-order valence-corrected chi connectivity index (χ3v) is 9.05. The molecule has 2 amide bonds. The van der Waals surface area contributed by atoms with Crippen molar-refractivity contribution in [3.8, 4) is 11.1 Å². The van der Waals surface area contributed by atoms with Gasteiger partial charge in [-0.2, -0.15) is 0 Å². The van der Waals surface area contributed by atoms with Crippen LogP contribution >= 0.6 is 0 Å². The second kappa shape index (κ2) is 15.9. The Bertz CT molecular complexity index is 1620. The lowest BCUT2D eigenvalue weighted by atomic mass is 9.80. The van der Waals surface area contributed by atoms with Gasteiger partial charge in [0.05, 0.1) is 24.8 Å². The molecule has 2 aliphatic rings. The zero-order valence-corrected chi connectivity index (χ0v) is 31.1. The summed E-state index contributed by atoms with van der Waals surface area (Å²) in [5, 5.41) is 9.52. The molecule has 3 aromatic rings. The number of carbonyl (C=O) groups excluding carboxylic acids is 3. The second-order valence-electron chi connectivity index (χ2n) is 15.4. The van der Waals surface area contributed by atoms with Gasteiger partial charge in [-0.15, -0.1) is 0 Å². The molecule has 1 saturated heterocycles. The van der Waals surface area contributed by atoms with Crippen LogP contribution in [0, 0.1) is 0 Å². The molecule has 2 atom stereocenters. The van der Waals surface area contributed by atoms with E-state index in [9.17, 15) is 14.4 Å². The molecule has 10 nitrogen and oxygen atoms in total. The molecule has 3 aromatic carbocycles. The Morgan fingerprint density at radius 3 is 1.94 bits per heavy atom. The fourth-order valence-corrected chi connectivity index (χ4v) is 6.82. The average Bonchev–Trinajstić information content (AvgIpc) is 3.36. The van der Waals surface area contributed by atoms with Gasteiger partial charge in [-0.25, -0.2) is 9.59 Å². The van der Waals surface area contributed by atoms with Crippen LogP contribution in [-0.4, -0.2) is 74.1 Å². The maximum atomic E-state index is 14.1. The monoisotopic (exact) mass is 698 g/mol. The Balaban J connectivity index is 1.38. The van der Waals surface area contributed by atoms with Gasteiger partial charge in [-0.1, -0.05) is 60.7 Å². The first-order valence-electron chi connectivity index (χ1n) is 18.1. The number of fused-ring (bicyclic) bond motifs is 3. The number of hydrogen-bond acceptors (Lipinski definition) is 8. The van der Waals surface area contributed by atoms with Crippen molar-refractivity contribution in [3.63, 3.8) is 0 Å². The number of rotatable bonds is 12. The van der Waals surface area contributed by atoms with Crippen molar-refractivity contribution >= 4 is 23.7 Å². The summed E-state index contributed by atoms with van der Waals surface area (Å²) in [6.07, 6.45) is 1.03. The molecule has 1 aliphatic carbocycles. The molecule has 1 fully saturated rings. The van der Waals surface area contributed by atoms with Crippen molar-refractivity contribution in [1.29, 1.82) is 0 Å². The molecule has 0 unspecified atom stereocenters. The Morgan fingerprint density at radius 1 is 0.804 bits per heavy atom. The summed E-state index contributed by atoms with van der Waals surface area (Å²) < 4.78 is 16.6. The van der Waals surface area contributed by atoms with Crippen LogP contribution in [-0.2, 0) is 29.3 Å². The molecule has 274 valence electrons. The number of unbranched alkanes of at least 4 members (excludes halogenated alkanes) is 1. The Morgan fingerprint density at radius 2 is 1.37 bits per heavy atom. The third-order valence-electron chi connectivity index (χ3n) is 9.05. The van der Waals surface area contributed by atoms with Crippen molar-refractivity contribution in [2.75, 3.05) is 37.7 Å². The lowest BCUT2D eigenvalue weighted by Gasteiger charge is -2.37. The number of benzene rings is 3. The van der Waals surface area contributed by atoms with E-state index in [0.29, 0.717) is 39.0 Å². The zero-order valence-electron chi connectivity index (χ0n) is 31.1. The molecular weight excluding hydrogens is 644 g/mol. The maximum Gasteiger partial charge on any atom is 0.407 e. The molecule has 0 radical (unpaired) electrons. The largest absolute Gasteiger partial charge is 0.458 e. The minimum absolute atomic E-state index is 0.316. The van der Waals surface area contributed by atoms with Gasteiger partial charge in [0.25, 0.3) is 0 Å². The predicted molar refractivity (Wildman–Crippen MR) is 200 cm³/mol. The number of anilines is 1. The number of nitrogens with zero attached hydrogens (tertiary/aromatic N) is 1. The fourth-order valence-electron chi connectivity index (χ4n) is 6.82. The normalized spacial score (nSPS) is 16.3. The van der Waals surface area contributed by atoms with Crippen LogP contribution in [0.4, 0.5) is 10.5 Å². The van der Waals surface area contributed by atoms with E-state index in [-0.39, 0.29) is 5.91 Å². The van der Waals surface area contributed by atoms with Gasteiger partial charge in [0.1, 0.15) is 17.2 Å². The summed E-state index contributed by atoms with van der Waals surface area (Å²) in [5.74, 6) is -0.808. The predicted octanol–water partition coefficient (Wildman–Crippen LogP) is 6.30. The SMILES string of the molecule is C[C@H](NC1(c2ccc(N3CCOCC3)cc2)c2ccccc2-c2ccccc21)C(=O)N[C@@H](CCCCNC(=O)OC(C)(C)C)C(=O)OC(C)(C)C. The van der Waals surface area contributed by atoms with Gasteiger partial charge >= 0.3 is 12.1 Å². The van der Waals surface area contributed by atoms with E-state index in [1.165, 1.54) is 0 Å². The molecule has 3 N–H and O–H groups in total. The zero-order chi connectivity index (χ0) is 36.8. The van der Waals surface area contributed by atoms with Crippen molar-refractivity contribution in [2.45, 2.75) is 96.6 Å². The van der Waals surface area contributed by atoms with Crippen LogP contribution in [0.1, 0.15) is 84.4 Å². The summed E-state index contributed by atoms with van der Waals surface area (Å²) in [5.41, 5.74) is 4.33. The minimum atomic E-state index is -0.866. The standard InChI is InChI=1S/C41H54N4O6/c1-28(36(46)43-35(37(47)50-39(2,3)4)18-12-13-23-42-38(48)51-40(5,6)7)44-41(29-19-21-30(22-20-29)45-24-26-49-27-25-45)33-16-10-8-14-31(33)32-15-9-11-17-34(32)41/h8-11,14-17,19-22,28,35,44H,12-13,18,23-27H2,1-7H3,(H,42,48)(H,43,46)/t28-,35-/m0/s1. The van der Waals surface area contributed by atoms with E-state index >= 15 is 0 Å². The van der Waals surface area contributed by atoms with Crippen molar-refractivity contribution in [3.05, 3.63) is 89.5 Å². The minimum Gasteiger partial charge on any atom is -0.458 e. The van der Waals surface area contributed by atoms with E-state index < -0.39 is 40.9 Å². The number of esters is 1. The van der Waals surface area contributed by atoms with E-state index in [1.807, 2.05) is 72.7 Å². The lowest BCUT2D eigenvalue weighted by Crippen LogP contribution is -2.55. The number of morpholine rings is 1. The summed E-state index contributed by atoms with van der Waals surface area (Å²) in [4.78, 5) is 41.9. The van der Waals surface area contributed by atoms with Crippen LogP contribution in [0.3, 0.4) is 0 Å². The van der Waals surface area contributed by atoms with Gasteiger partial charge in [0, 0.05) is 25.3 Å². The van der Waals surface area contributed by atoms with Gasteiger partial charge in [0.15, 0.2) is 0 Å². The number of amides is 2.